The molecule has 0 unspecified atom stereocenters. The third kappa shape index (κ3) is 2.01. The van der Waals surface area contributed by atoms with Crippen LogP contribution in [0.3, 0.4) is 0 Å². The highest BCUT2D eigenvalue weighted by Gasteiger charge is 2.63. The van der Waals surface area contributed by atoms with Crippen LogP contribution >= 0.6 is 0 Å². The maximum Gasteiger partial charge on any atom is 0.0948 e. The number of aryl methyl sites for hydroxylation is 1. The molecule has 96 valence electrons. The molecule has 3 heteroatoms. The summed E-state index contributed by atoms with van der Waals surface area (Å²) in [5, 5.41) is 3.57. The van der Waals surface area contributed by atoms with Gasteiger partial charge in [0.05, 0.1) is 12.0 Å². The van der Waals surface area contributed by atoms with Gasteiger partial charge >= 0.3 is 0 Å². The van der Waals surface area contributed by atoms with Crippen LogP contribution < -0.4 is 5.32 Å². The number of hydrogen-bond acceptors (Lipinski definition) is 2. The first-order chi connectivity index (χ1) is 7.91. The summed E-state index contributed by atoms with van der Waals surface area (Å²) in [6.07, 6.45) is 3.86. The molecule has 1 heterocycles. The SMILES string of the molecule is CCn1cncc1CNCC1C(C)(C)C1(C)C. The molecule has 1 N–H and O–H groups in total. The van der Waals surface area contributed by atoms with E-state index >= 15 is 0 Å². The highest BCUT2D eigenvalue weighted by Crippen LogP contribution is 2.67. The van der Waals surface area contributed by atoms with Crippen LogP contribution in [0.15, 0.2) is 12.5 Å². The molecular formula is C14H25N3. The van der Waals surface area contributed by atoms with Gasteiger partial charge in [-0.3, -0.25) is 0 Å². The van der Waals surface area contributed by atoms with E-state index in [1.165, 1.54) is 5.69 Å². The Morgan fingerprint density at radius 3 is 2.47 bits per heavy atom. The van der Waals surface area contributed by atoms with Crippen molar-refractivity contribution in [2.24, 2.45) is 16.7 Å². The lowest BCUT2D eigenvalue weighted by Gasteiger charge is -2.08. The van der Waals surface area contributed by atoms with Crippen molar-refractivity contribution in [3.63, 3.8) is 0 Å². The van der Waals surface area contributed by atoms with Gasteiger partial charge < -0.3 is 9.88 Å². The second-order valence-corrected chi connectivity index (χ2v) is 6.30. The third-order valence-corrected chi connectivity index (χ3v) is 5.11. The van der Waals surface area contributed by atoms with E-state index in [0.717, 1.165) is 25.6 Å². The second-order valence-electron chi connectivity index (χ2n) is 6.30. The molecule has 0 bridgehead atoms. The zero-order chi connectivity index (χ0) is 12.7. The summed E-state index contributed by atoms with van der Waals surface area (Å²) in [4.78, 5) is 4.19. The maximum absolute atomic E-state index is 4.19. The predicted octanol–water partition coefficient (Wildman–Crippen LogP) is 2.67. The van der Waals surface area contributed by atoms with Crippen molar-refractivity contribution in [2.75, 3.05) is 6.54 Å². The molecule has 1 aromatic heterocycles. The number of aromatic nitrogens is 2. The van der Waals surface area contributed by atoms with Crippen LogP contribution in [0, 0.1) is 16.7 Å². The second kappa shape index (κ2) is 4.13. The van der Waals surface area contributed by atoms with Gasteiger partial charge in [-0.15, -0.1) is 0 Å². The van der Waals surface area contributed by atoms with E-state index in [2.05, 4.69) is 49.5 Å². The average Bonchev–Trinajstić information content (AvgIpc) is 2.64. The molecule has 0 atom stereocenters. The van der Waals surface area contributed by atoms with E-state index < -0.39 is 0 Å². The lowest BCUT2D eigenvalue weighted by molar-refractivity contribution is 0.457. The highest BCUT2D eigenvalue weighted by molar-refractivity contribution is 5.13. The first-order valence-electron chi connectivity index (χ1n) is 6.61. The minimum absolute atomic E-state index is 0.477. The molecule has 1 aliphatic rings. The fourth-order valence-corrected chi connectivity index (χ4v) is 2.97. The molecule has 3 nitrogen and oxygen atoms in total. The zero-order valence-corrected chi connectivity index (χ0v) is 11.7. The molecule has 0 amide bonds. The van der Waals surface area contributed by atoms with Gasteiger partial charge in [-0.2, -0.15) is 0 Å². The molecule has 1 aliphatic carbocycles. The summed E-state index contributed by atoms with van der Waals surface area (Å²) in [5.41, 5.74) is 2.24. The van der Waals surface area contributed by atoms with Crippen LogP contribution in [-0.2, 0) is 13.1 Å². The van der Waals surface area contributed by atoms with Crippen molar-refractivity contribution in [3.05, 3.63) is 18.2 Å². The fraction of sp³-hybridized carbons (Fsp3) is 0.786. The number of imidazole rings is 1. The highest BCUT2D eigenvalue weighted by atomic mass is 15.1. The van der Waals surface area contributed by atoms with Crippen molar-refractivity contribution in [3.8, 4) is 0 Å². The molecule has 0 spiro atoms. The van der Waals surface area contributed by atoms with E-state index in [4.69, 9.17) is 0 Å². The molecule has 1 fully saturated rings. The molecule has 1 aromatic rings. The van der Waals surface area contributed by atoms with E-state index in [1.807, 2.05) is 12.5 Å². The van der Waals surface area contributed by atoms with Gasteiger partial charge in [-0.1, -0.05) is 27.7 Å². The Balaban J connectivity index is 1.82. The van der Waals surface area contributed by atoms with Crippen molar-refractivity contribution in [1.82, 2.24) is 14.9 Å². The Kier molecular flexibility index (Phi) is 3.06. The first-order valence-corrected chi connectivity index (χ1v) is 6.61. The summed E-state index contributed by atoms with van der Waals surface area (Å²) < 4.78 is 2.19. The topological polar surface area (TPSA) is 29.9 Å². The average molecular weight is 235 g/mol. The molecule has 2 rings (SSSR count). The summed E-state index contributed by atoms with van der Waals surface area (Å²) in [6.45, 7) is 14.7. The quantitative estimate of drug-likeness (QED) is 0.850. The summed E-state index contributed by atoms with van der Waals surface area (Å²) >= 11 is 0. The Morgan fingerprint density at radius 2 is 1.94 bits per heavy atom. The van der Waals surface area contributed by atoms with Crippen LogP contribution in [0.2, 0.25) is 0 Å². The minimum Gasteiger partial charge on any atom is -0.334 e. The number of nitrogens with zero attached hydrogens (tertiary/aromatic N) is 2. The van der Waals surface area contributed by atoms with Gasteiger partial charge in [-0.25, -0.2) is 4.98 Å². The van der Waals surface area contributed by atoms with E-state index in [1.54, 1.807) is 0 Å². The van der Waals surface area contributed by atoms with Gasteiger partial charge in [0.1, 0.15) is 0 Å². The Hall–Kier alpha value is -0.830. The van der Waals surface area contributed by atoms with Gasteiger partial charge in [-0.05, 0) is 30.2 Å². The van der Waals surface area contributed by atoms with Crippen LogP contribution in [0.4, 0.5) is 0 Å². The normalized spacial score (nSPS) is 21.7. The van der Waals surface area contributed by atoms with E-state index in [0.29, 0.717) is 10.8 Å². The zero-order valence-electron chi connectivity index (χ0n) is 11.7. The number of nitrogens with one attached hydrogen (secondary N) is 1. The lowest BCUT2D eigenvalue weighted by atomic mass is 10.0. The van der Waals surface area contributed by atoms with Crippen molar-refractivity contribution < 1.29 is 0 Å². The molecule has 0 radical (unpaired) electrons. The Morgan fingerprint density at radius 1 is 1.29 bits per heavy atom. The first kappa shape index (κ1) is 12.6. The summed E-state index contributed by atoms with van der Waals surface area (Å²) in [7, 11) is 0. The number of hydrogen-bond donors (Lipinski definition) is 1. The van der Waals surface area contributed by atoms with E-state index in [-0.39, 0.29) is 0 Å². The summed E-state index contributed by atoms with van der Waals surface area (Å²) in [5.74, 6) is 0.785. The van der Waals surface area contributed by atoms with Crippen LogP contribution in [0.1, 0.15) is 40.3 Å². The van der Waals surface area contributed by atoms with Gasteiger partial charge in [0.2, 0.25) is 0 Å². The molecule has 0 aliphatic heterocycles. The molecule has 0 aromatic carbocycles. The van der Waals surface area contributed by atoms with E-state index in [9.17, 15) is 0 Å². The monoisotopic (exact) mass is 235 g/mol. The third-order valence-electron chi connectivity index (χ3n) is 5.11. The molecule has 17 heavy (non-hydrogen) atoms. The summed E-state index contributed by atoms with van der Waals surface area (Å²) in [6, 6.07) is 0. The standard InChI is InChI=1S/C14H25N3/c1-6-17-10-16-8-11(17)7-15-9-12-13(2,3)14(12,4)5/h8,10,12,15H,6-7,9H2,1-5H3. The molecule has 1 saturated carbocycles. The largest absolute Gasteiger partial charge is 0.334 e. The smallest absolute Gasteiger partial charge is 0.0948 e. The van der Waals surface area contributed by atoms with Crippen molar-refractivity contribution in [1.29, 1.82) is 0 Å². The van der Waals surface area contributed by atoms with Crippen LogP contribution in [-0.4, -0.2) is 16.1 Å². The number of rotatable bonds is 5. The molecular weight excluding hydrogens is 210 g/mol. The van der Waals surface area contributed by atoms with Crippen molar-refractivity contribution >= 4 is 0 Å². The Bertz CT molecular complexity index is 376. The van der Waals surface area contributed by atoms with Gasteiger partial charge in [0.15, 0.2) is 0 Å². The minimum atomic E-state index is 0.477. The van der Waals surface area contributed by atoms with Gasteiger partial charge in [0.25, 0.3) is 0 Å². The Labute approximate surface area is 105 Å². The lowest BCUT2D eigenvalue weighted by Crippen LogP contribution is -2.20. The predicted molar refractivity (Wildman–Crippen MR) is 70.7 cm³/mol. The molecule has 0 saturated heterocycles. The van der Waals surface area contributed by atoms with Crippen molar-refractivity contribution in [2.45, 2.75) is 47.7 Å². The maximum atomic E-state index is 4.19. The van der Waals surface area contributed by atoms with Crippen LogP contribution in [0.5, 0.6) is 0 Å². The van der Waals surface area contributed by atoms with Crippen LogP contribution in [0.25, 0.3) is 0 Å². The fourth-order valence-electron chi connectivity index (χ4n) is 2.97. The van der Waals surface area contributed by atoms with Gasteiger partial charge in [0, 0.05) is 19.3 Å².